The van der Waals surface area contributed by atoms with Crippen LogP contribution in [0.2, 0.25) is 0 Å². The molecule has 0 atom stereocenters. The monoisotopic (exact) mass is 406 g/mol. The summed E-state index contributed by atoms with van der Waals surface area (Å²) in [5.74, 6) is -0.375. The molecule has 3 rings (SSSR count). The molecule has 1 aromatic carbocycles. The highest BCUT2D eigenvalue weighted by Gasteiger charge is 2.25. The first-order valence-corrected chi connectivity index (χ1v) is 10.9. The zero-order chi connectivity index (χ0) is 20.3. The van der Waals surface area contributed by atoms with Gasteiger partial charge in [-0.25, -0.2) is 8.42 Å². The van der Waals surface area contributed by atoms with Crippen LogP contribution in [0, 0.1) is 6.92 Å². The van der Waals surface area contributed by atoms with Gasteiger partial charge in [-0.1, -0.05) is 19.0 Å². The molecule has 0 bridgehead atoms. The number of hydrogen-bond acceptors (Lipinski definition) is 6. The summed E-state index contributed by atoms with van der Waals surface area (Å²) in [7, 11) is -3.63. The summed E-state index contributed by atoms with van der Waals surface area (Å²) in [6.07, 6.45) is 2.13. The van der Waals surface area contributed by atoms with E-state index < -0.39 is 15.9 Å². The SMILES string of the molecule is CCN(CC)S(=O)(=O)c1ccc(N2CCCC2)c(NC(=O)c2cc(C)no2)c1. The number of rotatable bonds is 7. The fourth-order valence-corrected chi connectivity index (χ4v) is 4.86. The van der Waals surface area contributed by atoms with Crippen molar-refractivity contribution in [3.63, 3.8) is 0 Å². The number of amides is 1. The van der Waals surface area contributed by atoms with E-state index in [4.69, 9.17) is 4.52 Å². The Morgan fingerprint density at radius 2 is 1.89 bits per heavy atom. The molecule has 28 heavy (non-hydrogen) atoms. The van der Waals surface area contributed by atoms with Crippen molar-refractivity contribution in [1.29, 1.82) is 0 Å². The molecule has 0 aliphatic carbocycles. The van der Waals surface area contributed by atoms with Crippen LogP contribution in [-0.4, -0.2) is 50.0 Å². The topological polar surface area (TPSA) is 95.8 Å². The van der Waals surface area contributed by atoms with Gasteiger partial charge in [0.05, 0.1) is 22.0 Å². The Morgan fingerprint density at radius 3 is 2.46 bits per heavy atom. The Kier molecular flexibility index (Phi) is 6.04. The maximum Gasteiger partial charge on any atom is 0.294 e. The van der Waals surface area contributed by atoms with Crippen LogP contribution >= 0.6 is 0 Å². The molecular weight excluding hydrogens is 380 g/mol. The van der Waals surface area contributed by atoms with Gasteiger partial charge in [-0.3, -0.25) is 4.79 Å². The molecule has 2 aromatic rings. The largest absolute Gasteiger partial charge is 0.370 e. The van der Waals surface area contributed by atoms with E-state index in [-0.39, 0.29) is 10.7 Å². The Hall–Kier alpha value is -2.39. The Balaban J connectivity index is 1.99. The Bertz CT molecular complexity index is 945. The quantitative estimate of drug-likeness (QED) is 0.760. The molecule has 0 unspecified atom stereocenters. The van der Waals surface area contributed by atoms with Gasteiger partial charge in [0.15, 0.2) is 0 Å². The number of nitrogens with one attached hydrogen (secondary N) is 1. The normalized spacial score (nSPS) is 14.6. The summed E-state index contributed by atoms with van der Waals surface area (Å²) in [5, 5.41) is 6.54. The molecule has 1 aliphatic rings. The fourth-order valence-electron chi connectivity index (χ4n) is 3.38. The average Bonchev–Trinajstić information content (AvgIpc) is 3.34. The lowest BCUT2D eigenvalue weighted by molar-refractivity contribution is 0.0988. The summed E-state index contributed by atoms with van der Waals surface area (Å²) in [6.45, 7) is 7.83. The fraction of sp³-hybridized carbons (Fsp3) is 0.474. The lowest BCUT2D eigenvalue weighted by atomic mass is 10.2. The minimum Gasteiger partial charge on any atom is -0.370 e. The van der Waals surface area contributed by atoms with E-state index >= 15 is 0 Å². The summed E-state index contributed by atoms with van der Waals surface area (Å²) < 4.78 is 32.2. The van der Waals surface area contributed by atoms with Crippen LogP contribution < -0.4 is 10.2 Å². The summed E-state index contributed by atoms with van der Waals surface area (Å²) >= 11 is 0. The third kappa shape index (κ3) is 4.05. The number of benzene rings is 1. The van der Waals surface area contributed by atoms with E-state index in [0.29, 0.717) is 24.5 Å². The molecule has 152 valence electrons. The van der Waals surface area contributed by atoms with Crippen molar-refractivity contribution in [3.8, 4) is 0 Å². The maximum absolute atomic E-state index is 12.9. The van der Waals surface area contributed by atoms with Crippen LogP contribution in [0.1, 0.15) is 42.9 Å². The molecule has 1 aromatic heterocycles. The maximum atomic E-state index is 12.9. The van der Waals surface area contributed by atoms with Gasteiger partial charge in [-0.05, 0) is 38.0 Å². The second-order valence-electron chi connectivity index (χ2n) is 6.75. The molecule has 1 aliphatic heterocycles. The smallest absolute Gasteiger partial charge is 0.294 e. The molecule has 2 heterocycles. The number of anilines is 2. The molecule has 0 spiro atoms. The van der Waals surface area contributed by atoms with E-state index in [1.807, 2.05) is 0 Å². The van der Waals surface area contributed by atoms with Gasteiger partial charge in [-0.2, -0.15) is 4.31 Å². The van der Waals surface area contributed by atoms with Gasteiger partial charge >= 0.3 is 0 Å². The number of aromatic nitrogens is 1. The van der Waals surface area contributed by atoms with Crippen molar-refractivity contribution < 1.29 is 17.7 Å². The molecule has 1 amide bonds. The molecule has 8 nitrogen and oxygen atoms in total. The lowest BCUT2D eigenvalue weighted by Crippen LogP contribution is -2.31. The highest BCUT2D eigenvalue weighted by Crippen LogP contribution is 2.32. The van der Waals surface area contributed by atoms with Crippen LogP contribution in [-0.2, 0) is 10.0 Å². The average molecular weight is 407 g/mol. The predicted octanol–water partition coefficient (Wildman–Crippen LogP) is 2.87. The van der Waals surface area contributed by atoms with E-state index in [0.717, 1.165) is 31.6 Å². The van der Waals surface area contributed by atoms with Crippen molar-refractivity contribution in [1.82, 2.24) is 9.46 Å². The van der Waals surface area contributed by atoms with Crippen LogP contribution in [0.25, 0.3) is 0 Å². The van der Waals surface area contributed by atoms with E-state index in [1.54, 1.807) is 39.0 Å². The van der Waals surface area contributed by atoms with E-state index in [2.05, 4.69) is 15.4 Å². The van der Waals surface area contributed by atoms with Crippen molar-refractivity contribution >= 4 is 27.3 Å². The number of carbonyl (C=O) groups excluding carboxylic acids is 1. The van der Waals surface area contributed by atoms with Crippen molar-refractivity contribution in [2.24, 2.45) is 0 Å². The van der Waals surface area contributed by atoms with Gasteiger partial charge in [-0.15, -0.1) is 0 Å². The van der Waals surface area contributed by atoms with Gasteiger partial charge < -0.3 is 14.7 Å². The van der Waals surface area contributed by atoms with Gasteiger partial charge in [0.1, 0.15) is 0 Å². The first-order chi connectivity index (χ1) is 13.4. The molecule has 1 N–H and O–H groups in total. The molecular formula is C19H26N4O4S. The van der Waals surface area contributed by atoms with Gasteiger partial charge in [0.2, 0.25) is 15.8 Å². The predicted molar refractivity (Wildman–Crippen MR) is 107 cm³/mol. The second kappa shape index (κ2) is 8.32. The van der Waals surface area contributed by atoms with Gasteiger partial charge in [0.25, 0.3) is 5.91 Å². The zero-order valence-electron chi connectivity index (χ0n) is 16.4. The minimum absolute atomic E-state index is 0.0851. The van der Waals surface area contributed by atoms with Crippen LogP contribution in [0.3, 0.4) is 0 Å². The summed E-state index contributed by atoms with van der Waals surface area (Å²) in [5.41, 5.74) is 1.86. The number of nitrogens with zero attached hydrogens (tertiary/aromatic N) is 3. The van der Waals surface area contributed by atoms with Crippen LogP contribution in [0.15, 0.2) is 33.7 Å². The summed E-state index contributed by atoms with van der Waals surface area (Å²) in [6, 6.07) is 6.45. The van der Waals surface area contributed by atoms with Crippen LogP contribution in [0.5, 0.6) is 0 Å². The molecule has 0 radical (unpaired) electrons. The Morgan fingerprint density at radius 1 is 1.21 bits per heavy atom. The van der Waals surface area contributed by atoms with E-state index in [1.165, 1.54) is 10.4 Å². The first-order valence-electron chi connectivity index (χ1n) is 9.50. The second-order valence-corrected chi connectivity index (χ2v) is 8.69. The number of hydrogen-bond donors (Lipinski definition) is 1. The van der Waals surface area contributed by atoms with Crippen molar-refractivity contribution in [2.45, 2.75) is 38.5 Å². The number of carbonyl (C=O) groups is 1. The highest BCUT2D eigenvalue weighted by molar-refractivity contribution is 7.89. The van der Waals surface area contributed by atoms with Crippen LogP contribution in [0.4, 0.5) is 11.4 Å². The standard InChI is InChI=1S/C19H26N4O4S/c1-4-23(5-2)28(25,26)15-8-9-17(22-10-6-7-11-22)16(13-15)20-19(24)18-12-14(3)21-27-18/h8-9,12-13H,4-7,10-11H2,1-3H3,(H,20,24). The first kappa shape index (κ1) is 20.3. The molecule has 1 saturated heterocycles. The van der Waals surface area contributed by atoms with Crippen molar-refractivity contribution in [3.05, 3.63) is 35.7 Å². The Labute approximate surface area is 165 Å². The van der Waals surface area contributed by atoms with Gasteiger partial charge in [0, 0.05) is 32.2 Å². The molecule has 0 saturated carbocycles. The third-order valence-electron chi connectivity index (χ3n) is 4.86. The number of aryl methyl sites for hydroxylation is 1. The molecule has 1 fully saturated rings. The van der Waals surface area contributed by atoms with Crippen molar-refractivity contribution in [2.75, 3.05) is 36.4 Å². The highest BCUT2D eigenvalue weighted by atomic mass is 32.2. The summed E-state index contributed by atoms with van der Waals surface area (Å²) in [4.78, 5) is 14.9. The zero-order valence-corrected chi connectivity index (χ0v) is 17.3. The third-order valence-corrected chi connectivity index (χ3v) is 6.90. The minimum atomic E-state index is -3.63. The molecule has 9 heteroatoms. The number of sulfonamides is 1. The van der Waals surface area contributed by atoms with E-state index in [9.17, 15) is 13.2 Å². The lowest BCUT2D eigenvalue weighted by Gasteiger charge is -2.24.